The molecule has 0 spiro atoms. The van der Waals surface area contributed by atoms with Crippen molar-refractivity contribution in [2.24, 2.45) is 0 Å². The van der Waals surface area contributed by atoms with E-state index in [1.807, 2.05) is 0 Å². The highest BCUT2D eigenvalue weighted by atomic mass is 19.2. The van der Waals surface area contributed by atoms with Crippen molar-refractivity contribution in [2.75, 3.05) is 18.5 Å². The lowest BCUT2D eigenvalue weighted by atomic mass is 10.3. The molecule has 0 bridgehead atoms. The first kappa shape index (κ1) is 17.6. The summed E-state index contributed by atoms with van der Waals surface area (Å²) in [4.78, 5) is 11.6. The molecule has 0 radical (unpaired) electrons. The van der Waals surface area contributed by atoms with E-state index in [1.165, 1.54) is 30.3 Å². The number of aliphatic hydroxyl groups is 1. The van der Waals surface area contributed by atoms with Crippen LogP contribution in [0, 0.1) is 17.5 Å². The van der Waals surface area contributed by atoms with Gasteiger partial charge in [-0.2, -0.15) is 0 Å². The third-order valence-electron chi connectivity index (χ3n) is 2.93. The molecule has 0 aliphatic carbocycles. The van der Waals surface area contributed by atoms with Crippen LogP contribution in [0.25, 0.3) is 0 Å². The lowest BCUT2D eigenvalue weighted by Crippen LogP contribution is -2.37. The van der Waals surface area contributed by atoms with Crippen molar-refractivity contribution in [2.45, 2.75) is 6.10 Å². The molecule has 1 unspecified atom stereocenters. The molecule has 128 valence electrons. The van der Waals surface area contributed by atoms with Gasteiger partial charge in [0.05, 0.1) is 0 Å². The van der Waals surface area contributed by atoms with E-state index >= 15 is 0 Å². The molecule has 0 saturated heterocycles. The first-order chi connectivity index (χ1) is 11.4. The van der Waals surface area contributed by atoms with Crippen LogP contribution >= 0.6 is 0 Å². The summed E-state index contributed by atoms with van der Waals surface area (Å²) in [5.74, 6) is -2.13. The quantitative estimate of drug-likeness (QED) is 0.757. The maximum atomic E-state index is 13.0. The third kappa shape index (κ3) is 5.47. The Balaban J connectivity index is 1.72. The molecular formula is C16H15F3N2O3. The van der Waals surface area contributed by atoms with Crippen LogP contribution in [0.1, 0.15) is 0 Å². The van der Waals surface area contributed by atoms with Crippen molar-refractivity contribution < 1.29 is 27.8 Å². The number of aliphatic hydroxyl groups excluding tert-OH is 1. The van der Waals surface area contributed by atoms with Gasteiger partial charge in [0.2, 0.25) is 0 Å². The Labute approximate surface area is 136 Å². The Morgan fingerprint density at radius 2 is 1.79 bits per heavy atom. The Bertz CT molecular complexity index is 695. The molecule has 0 aromatic heterocycles. The summed E-state index contributed by atoms with van der Waals surface area (Å²) in [5, 5.41) is 14.4. The molecule has 2 rings (SSSR count). The molecule has 5 nitrogen and oxygen atoms in total. The number of ether oxygens (including phenoxy) is 1. The standard InChI is InChI=1S/C16H15F3N2O3/c17-10-1-4-13(5-2-10)24-9-12(22)8-20-16(23)21-11-3-6-14(18)15(19)7-11/h1-7,12,22H,8-9H2,(H2,20,21,23). The van der Waals surface area contributed by atoms with E-state index in [9.17, 15) is 23.1 Å². The fourth-order valence-electron chi connectivity index (χ4n) is 1.74. The van der Waals surface area contributed by atoms with Crippen LogP contribution in [0.3, 0.4) is 0 Å². The van der Waals surface area contributed by atoms with Gasteiger partial charge in [-0.15, -0.1) is 0 Å². The number of halogens is 3. The van der Waals surface area contributed by atoms with Crippen molar-refractivity contribution in [1.82, 2.24) is 5.32 Å². The number of carbonyl (C=O) groups is 1. The molecule has 1 atom stereocenters. The Morgan fingerprint density at radius 3 is 2.46 bits per heavy atom. The molecule has 2 aromatic carbocycles. The smallest absolute Gasteiger partial charge is 0.319 e. The van der Waals surface area contributed by atoms with Crippen LogP contribution in [0.4, 0.5) is 23.7 Å². The molecule has 0 saturated carbocycles. The van der Waals surface area contributed by atoms with Crippen LogP contribution < -0.4 is 15.4 Å². The number of amides is 2. The lowest BCUT2D eigenvalue weighted by Gasteiger charge is -2.14. The van der Waals surface area contributed by atoms with Crippen molar-refractivity contribution in [3.05, 3.63) is 59.9 Å². The van der Waals surface area contributed by atoms with Gasteiger partial charge < -0.3 is 20.5 Å². The molecule has 2 amide bonds. The summed E-state index contributed by atoms with van der Waals surface area (Å²) in [5.41, 5.74) is 0.0726. The van der Waals surface area contributed by atoms with E-state index in [1.54, 1.807) is 0 Å². The fraction of sp³-hybridized carbons (Fsp3) is 0.188. The normalized spacial score (nSPS) is 11.7. The summed E-state index contributed by atoms with van der Waals surface area (Å²) in [6, 6.07) is 7.48. The summed E-state index contributed by atoms with van der Waals surface area (Å²) in [6.45, 7) is -0.242. The topological polar surface area (TPSA) is 70.6 Å². The SMILES string of the molecule is O=C(NCC(O)COc1ccc(F)cc1)Nc1ccc(F)c(F)c1. The minimum atomic E-state index is -1.08. The zero-order valence-corrected chi connectivity index (χ0v) is 12.4. The molecular weight excluding hydrogens is 325 g/mol. The van der Waals surface area contributed by atoms with Gasteiger partial charge in [-0.3, -0.25) is 0 Å². The maximum Gasteiger partial charge on any atom is 0.319 e. The van der Waals surface area contributed by atoms with Crippen molar-refractivity contribution in [1.29, 1.82) is 0 Å². The highest BCUT2D eigenvalue weighted by Crippen LogP contribution is 2.13. The van der Waals surface area contributed by atoms with Crippen LogP contribution in [-0.2, 0) is 0 Å². The van der Waals surface area contributed by atoms with E-state index in [2.05, 4.69) is 10.6 Å². The molecule has 0 aliphatic heterocycles. The number of nitrogens with one attached hydrogen (secondary N) is 2. The van der Waals surface area contributed by atoms with Crippen molar-refractivity contribution in [3.8, 4) is 5.75 Å². The van der Waals surface area contributed by atoms with Crippen molar-refractivity contribution in [3.63, 3.8) is 0 Å². The van der Waals surface area contributed by atoms with Gasteiger partial charge in [-0.1, -0.05) is 0 Å². The Hall–Kier alpha value is -2.74. The molecule has 0 aliphatic rings. The van der Waals surface area contributed by atoms with Crippen LogP contribution in [-0.4, -0.2) is 30.4 Å². The molecule has 3 N–H and O–H groups in total. The number of rotatable bonds is 6. The summed E-state index contributed by atoms with van der Waals surface area (Å²) >= 11 is 0. The van der Waals surface area contributed by atoms with Crippen molar-refractivity contribution >= 4 is 11.7 Å². The predicted molar refractivity (Wildman–Crippen MR) is 81.3 cm³/mol. The van der Waals surface area contributed by atoms with Gasteiger partial charge in [0.15, 0.2) is 11.6 Å². The summed E-state index contributed by atoms with van der Waals surface area (Å²) in [7, 11) is 0. The second-order valence-corrected chi connectivity index (χ2v) is 4.88. The number of urea groups is 1. The van der Waals surface area contributed by atoms with E-state index in [4.69, 9.17) is 4.74 Å². The monoisotopic (exact) mass is 340 g/mol. The average Bonchev–Trinajstić information content (AvgIpc) is 2.56. The van der Waals surface area contributed by atoms with Gasteiger partial charge >= 0.3 is 6.03 Å². The number of anilines is 1. The van der Waals surface area contributed by atoms with Crippen LogP contribution in [0.15, 0.2) is 42.5 Å². The van der Waals surface area contributed by atoms with Crippen LogP contribution in [0.5, 0.6) is 5.75 Å². The lowest BCUT2D eigenvalue weighted by molar-refractivity contribution is 0.108. The Kier molecular flexibility index (Phi) is 6.02. The summed E-state index contributed by atoms with van der Waals surface area (Å²) in [6.07, 6.45) is -1.01. The third-order valence-corrected chi connectivity index (χ3v) is 2.93. The highest BCUT2D eigenvalue weighted by molar-refractivity contribution is 5.89. The zero-order valence-electron chi connectivity index (χ0n) is 12.4. The second kappa shape index (κ2) is 8.21. The highest BCUT2D eigenvalue weighted by Gasteiger charge is 2.09. The van der Waals surface area contributed by atoms with Gasteiger partial charge in [0.1, 0.15) is 24.3 Å². The number of benzene rings is 2. The number of carbonyl (C=O) groups excluding carboxylic acids is 1. The zero-order chi connectivity index (χ0) is 17.5. The average molecular weight is 340 g/mol. The van der Waals surface area contributed by atoms with Gasteiger partial charge in [-0.25, -0.2) is 18.0 Å². The van der Waals surface area contributed by atoms with E-state index in [0.717, 1.165) is 12.1 Å². The van der Waals surface area contributed by atoms with Gasteiger partial charge in [0, 0.05) is 18.3 Å². The molecule has 0 heterocycles. The van der Waals surface area contributed by atoms with Gasteiger partial charge in [-0.05, 0) is 36.4 Å². The molecule has 0 fully saturated rings. The first-order valence-corrected chi connectivity index (χ1v) is 7.00. The molecule has 8 heteroatoms. The second-order valence-electron chi connectivity index (χ2n) is 4.88. The minimum absolute atomic E-state index is 0.0726. The first-order valence-electron chi connectivity index (χ1n) is 7.00. The number of hydrogen-bond acceptors (Lipinski definition) is 3. The molecule has 24 heavy (non-hydrogen) atoms. The number of hydrogen-bond donors (Lipinski definition) is 3. The predicted octanol–water partition coefficient (Wildman–Crippen LogP) is 2.67. The maximum absolute atomic E-state index is 13.0. The summed E-state index contributed by atoms with van der Waals surface area (Å²) < 4.78 is 43.7. The van der Waals surface area contributed by atoms with E-state index in [0.29, 0.717) is 5.75 Å². The van der Waals surface area contributed by atoms with Gasteiger partial charge in [0.25, 0.3) is 0 Å². The van der Waals surface area contributed by atoms with Crippen LogP contribution in [0.2, 0.25) is 0 Å². The fourth-order valence-corrected chi connectivity index (χ4v) is 1.74. The van der Waals surface area contributed by atoms with E-state index in [-0.39, 0.29) is 18.8 Å². The largest absolute Gasteiger partial charge is 0.491 e. The molecule has 2 aromatic rings. The Morgan fingerprint density at radius 1 is 1.08 bits per heavy atom. The minimum Gasteiger partial charge on any atom is -0.491 e. The van der Waals surface area contributed by atoms with E-state index < -0.39 is 29.6 Å².